The molecule has 1 heterocycles. The van der Waals surface area contributed by atoms with Gasteiger partial charge in [-0.05, 0) is 17.5 Å². The van der Waals surface area contributed by atoms with Crippen molar-refractivity contribution in [2.75, 3.05) is 0 Å². The Bertz CT molecular complexity index is 513. The molecule has 2 rings (SSSR count). The fraction of sp³-hybridized carbons (Fsp3) is 0.500. The van der Waals surface area contributed by atoms with E-state index in [9.17, 15) is 9.59 Å². The Hall–Kier alpha value is -1.84. The van der Waals surface area contributed by atoms with Crippen LogP contribution in [0.2, 0.25) is 0 Å². The predicted octanol–water partition coefficient (Wildman–Crippen LogP) is 2.80. The third kappa shape index (κ3) is 2.69. The summed E-state index contributed by atoms with van der Waals surface area (Å²) >= 11 is 0. The van der Waals surface area contributed by atoms with Crippen LogP contribution in [0.25, 0.3) is 0 Å². The molecule has 1 atom stereocenters. The molecule has 0 aromatic heterocycles. The number of carbonyl (C=O) groups excluding carboxylic acids is 2. The van der Waals surface area contributed by atoms with Crippen molar-refractivity contribution in [3.05, 3.63) is 35.4 Å². The van der Waals surface area contributed by atoms with Crippen molar-refractivity contribution in [2.45, 2.75) is 45.8 Å². The molecule has 0 radical (unpaired) electrons. The molecule has 1 fully saturated rings. The Morgan fingerprint density at radius 3 is 2.25 bits per heavy atom. The maximum Gasteiger partial charge on any atom is 0.324 e. The minimum Gasteiger partial charge on any atom is -0.422 e. The summed E-state index contributed by atoms with van der Waals surface area (Å²) in [5.74, 6) is -3.35. The summed E-state index contributed by atoms with van der Waals surface area (Å²) in [6, 6.07) is 7.82. The van der Waals surface area contributed by atoms with Crippen LogP contribution in [0.1, 0.15) is 44.7 Å². The number of benzene rings is 1. The molecule has 1 saturated heterocycles. The first-order valence-corrected chi connectivity index (χ1v) is 6.89. The number of cyclic esters (lactones) is 2. The van der Waals surface area contributed by atoms with E-state index in [1.807, 2.05) is 38.1 Å². The maximum absolute atomic E-state index is 12.1. The molecular formula is C16H20O4. The van der Waals surface area contributed by atoms with Crippen LogP contribution in [0.5, 0.6) is 0 Å². The SMILES string of the molecule is CCc1ccccc1C(C)C1C(=O)OC(C)(C)OC1=O. The minimum absolute atomic E-state index is 0.262. The van der Waals surface area contributed by atoms with E-state index >= 15 is 0 Å². The molecule has 1 unspecified atom stereocenters. The monoisotopic (exact) mass is 276 g/mol. The lowest BCUT2D eigenvalue weighted by Gasteiger charge is -2.35. The summed E-state index contributed by atoms with van der Waals surface area (Å²) in [5.41, 5.74) is 2.12. The topological polar surface area (TPSA) is 52.6 Å². The Balaban J connectivity index is 2.31. The Morgan fingerprint density at radius 1 is 1.15 bits per heavy atom. The zero-order valence-electron chi connectivity index (χ0n) is 12.3. The quantitative estimate of drug-likeness (QED) is 0.629. The van der Waals surface area contributed by atoms with Crippen molar-refractivity contribution in [1.82, 2.24) is 0 Å². The van der Waals surface area contributed by atoms with Gasteiger partial charge in [0.15, 0.2) is 5.92 Å². The van der Waals surface area contributed by atoms with Crippen LogP contribution in [-0.2, 0) is 25.5 Å². The smallest absolute Gasteiger partial charge is 0.324 e. The van der Waals surface area contributed by atoms with Gasteiger partial charge in [0.1, 0.15) is 0 Å². The molecule has 1 aromatic carbocycles. The molecular weight excluding hydrogens is 256 g/mol. The number of hydrogen-bond donors (Lipinski definition) is 0. The van der Waals surface area contributed by atoms with Crippen molar-refractivity contribution in [1.29, 1.82) is 0 Å². The van der Waals surface area contributed by atoms with E-state index in [0.717, 1.165) is 17.5 Å². The average molecular weight is 276 g/mol. The van der Waals surface area contributed by atoms with Crippen LogP contribution >= 0.6 is 0 Å². The van der Waals surface area contributed by atoms with Gasteiger partial charge in [0, 0.05) is 19.8 Å². The molecule has 4 heteroatoms. The normalized spacial score (nSPS) is 20.2. The number of aryl methyl sites for hydroxylation is 1. The predicted molar refractivity (Wildman–Crippen MR) is 74.0 cm³/mol. The summed E-state index contributed by atoms with van der Waals surface area (Å²) in [6.45, 7) is 7.03. The summed E-state index contributed by atoms with van der Waals surface area (Å²) in [4.78, 5) is 24.2. The fourth-order valence-corrected chi connectivity index (χ4v) is 2.62. The van der Waals surface area contributed by atoms with Gasteiger partial charge >= 0.3 is 11.9 Å². The van der Waals surface area contributed by atoms with Gasteiger partial charge in [0.25, 0.3) is 5.79 Å². The fourth-order valence-electron chi connectivity index (χ4n) is 2.62. The molecule has 0 bridgehead atoms. The number of ether oxygens (including phenoxy) is 2. The van der Waals surface area contributed by atoms with Crippen molar-refractivity contribution in [3.8, 4) is 0 Å². The van der Waals surface area contributed by atoms with E-state index < -0.39 is 23.6 Å². The summed E-state index contributed by atoms with van der Waals surface area (Å²) in [7, 11) is 0. The lowest BCUT2D eigenvalue weighted by molar-refractivity contribution is -0.240. The lowest BCUT2D eigenvalue weighted by Crippen LogP contribution is -2.47. The van der Waals surface area contributed by atoms with Gasteiger partial charge in [0.05, 0.1) is 0 Å². The van der Waals surface area contributed by atoms with E-state index in [4.69, 9.17) is 9.47 Å². The Kier molecular flexibility index (Phi) is 3.84. The van der Waals surface area contributed by atoms with Gasteiger partial charge in [-0.25, -0.2) is 0 Å². The van der Waals surface area contributed by atoms with Crippen molar-refractivity contribution in [2.24, 2.45) is 5.92 Å². The molecule has 1 aromatic rings. The molecule has 0 N–H and O–H groups in total. The highest BCUT2D eigenvalue weighted by molar-refractivity contribution is 5.97. The molecule has 4 nitrogen and oxygen atoms in total. The second kappa shape index (κ2) is 5.27. The third-order valence-electron chi connectivity index (χ3n) is 3.63. The van der Waals surface area contributed by atoms with Gasteiger partial charge in [-0.1, -0.05) is 38.1 Å². The molecule has 0 aliphatic carbocycles. The zero-order valence-corrected chi connectivity index (χ0v) is 12.3. The van der Waals surface area contributed by atoms with Crippen LogP contribution in [0.4, 0.5) is 0 Å². The first-order valence-electron chi connectivity index (χ1n) is 6.89. The van der Waals surface area contributed by atoms with Crippen molar-refractivity contribution >= 4 is 11.9 Å². The van der Waals surface area contributed by atoms with Crippen LogP contribution in [-0.4, -0.2) is 17.7 Å². The highest BCUT2D eigenvalue weighted by Crippen LogP contribution is 2.34. The number of hydrogen-bond acceptors (Lipinski definition) is 4. The van der Waals surface area contributed by atoms with Crippen LogP contribution in [0, 0.1) is 5.92 Å². The lowest BCUT2D eigenvalue weighted by atomic mass is 9.84. The second-order valence-electron chi connectivity index (χ2n) is 5.56. The van der Waals surface area contributed by atoms with Gasteiger partial charge in [-0.2, -0.15) is 0 Å². The molecule has 1 aliphatic heterocycles. The highest BCUT2D eigenvalue weighted by Gasteiger charge is 2.46. The van der Waals surface area contributed by atoms with Crippen molar-refractivity contribution in [3.63, 3.8) is 0 Å². The molecule has 108 valence electrons. The van der Waals surface area contributed by atoms with Crippen LogP contribution in [0.3, 0.4) is 0 Å². The summed E-state index contributed by atoms with van der Waals surface area (Å²) < 4.78 is 10.4. The molecule has 0 amide bonds. The second-order valence-corrected chi connectivity index (χ2v) is 5.56. The van der Waals surface area contributed by atoms with Crippen molar-refractivity contribution < 1.29 is 19.1 Å². The van der Waals surface area contributed by atoms with E-state index in [1.165, 1.54) is 0 Å². The first-order chi connectivity index (χ1) is 9.35. The summed E-state index contributed by atoms with van der Waals surface area (Å²) in [6.07, 6.45) is 0.850. The van der Waals surface area contributed by atoms with Crippen LogP contribution < -0.4 is 0 Å². The standard InChI is InChI=1S/C16H20O4/c1-5-11-8-6-7-9-12(11)10(2)13-14(17)19-16(3,4)20-15(13)18/h6-10,13H,5H2,1-4H3. The largest absolute Gasteiger partial charge is 0.422 e. The van der Waals surface area contributed by atoms with E-state index in [-0.39, 0.29) is 5.92 Å². The van der Waals surface area contributed by atoms with E-state index in [2.05, 4.69) is 0 Å². The minimum atomic E-state index is -1.17. The van der Waals surface area contributed by atoms with Crippen LogP contribution in [0.15, 0.2) is 24.3 Å². The number of carbonyl (C=O) groups is 2. The Labute approximate surface area is 119 Å². The molecule has 0 saturated carbocycles. The molecule has 1 aliphatic rings. The van der Waals surface area contributed by atoms with Gasteiger partial charge in [-0.3, -0.25) is 9.59 Å². The maximum atomic E-state index is 12.1. The van der Waals surface area contributed by atoms with E-state index in [1.54, 1.807) is 13.8 Å². The van der Waals surface area contributed by atoms with Gasteiger partial charge < -0.3 is 9.47 Å². The molecule has 0 spiro atoms. The van der Waals surface area contributed by atoms with Gasteiger partial charge in [0.2, 0.25) is 0 Å². The number of esters is 2. The number of rotatable bonds is 3. The summed E-state index contributed by atoms with van der Waals surface area (Å²) in [5, 5.41) is 0. The average Bonchev–Trinajstić information content (AvgIpc) is 2.36. The van der Waals surface area contributed by atoms with Gasteiger partial charge in [-0.15, -0.1) is 0 Å². The first kappa shape index (κ1) is 14.6. The van der Waals surface area contributed by atoms with E-state index in [0.29, 0.717) is 0 Å². The highest BCUT2D eigenvalue weighted by atomic mass is 16.7. The molecule has 20 heavy (non-hydrogen) atoms. The zero-order chi connectivity index (χ0) is 14.9. The Morgan fingerprint density at radius 2 is 1.70 bits per heavy atom. The third-order valence-corrected chi connectivity index (χ3v) is 3.63.